The zero-order valence-corrected chi connectivity index (χ0v) is 13.6. The van der Waals surface area contributed by atoms with Crippen molar-refractivity contribution in [2.45, 2.75) is 20.4 Å². The summed E-state index contributed by atoms with van der Waals surface area (Å²) < 4.78 is 7.78. The molecule has 2 heterocycles. The molecule has 0 saturated heterocycles. The first kappa shape index (κ1) is 15.1. The lowest BCUT2D eigenvalue weighted by molar-refractivity contribution is 0.462. The molecule has 0 aliphatic heterocycles. The largest absolute Gasteiger partial charge is 0.439 e. The minimum Gasteiger partial charge on any atom is -0.439 e. The maximum absolute atomic E-state index is 5.74. The maximum atomic E-state index is 5.74. The summed E-state index contributed by atoms with van der Waals surface area (Å²) in [5.74, 6) is 2.38. The summed E-state index contributed by atoms with van der Waals surface area (Å²) in [5.41, 5.74) is 3.21. The Bertz CT molecular complexity index is 796. The van der Waals surface area contributed by atoms with Gasteiger partial charge in [0.15, 0.2) is 0 Å². The second-order valence-corrected chi connectivity index (χ2v) is 5.51. The van der Waals surface area contributed by atoms with Crippen LogP contribution in [0.5, 0.6) is 11.6 Å². The smallest absolute Gasteiger partial charge is 0.219 e. The topological polar surface area (TPSA) is 52.0 Å². The molecule has 1 aromatic carbocycles. The van der Waals surface area contributed by atoms with Gasteiger partial charge in [0.25, 0.3) is 0 Å². The molecule has 0 amide bonds. The first-order valence-corrected chi connectivity index (χ1v) is 7.54. The monoisotopic (exact) mass is 308 g/mol. The summed E-state index contributed by atoms with van der Waals surface area (Å²) in [6.07, 6.45) is 3.74. The van der Waals surface area contributed by atoms with Crippen LogP contribution in [0.25, 0.3) is 0 Å². The van der Waals surface area contributed by atoms with Gasteiger partial charge in [-0.15, -0.1) is 0 Å². The Morgan fingerprint density at radius 3 is 2.70 bits per heavy atom. The quantitative estimate of drug-likeness (QED) is 0.778. The summed E-state index contributed by atoms with van der Waals surface area (Å²) in [6, 6.07) is 11.6. The molecule has 0 radical (unpaired) electrons. The average Bonchev–Trinajstić information content (AvgIpc) is 2.85. The molecule has 0 bridgehead atoms. The number of pyridine rings is 1. The number of benzene rings is 1. The standard InChI is InChI=1S/C18H20N4O/c1-13-10-15(23-18-6-4-5-9-19-18)7-8-16(13)20-11-17-21-14(2)12-22(17)3/h4-10,12,20H,11H2,1-3H3. The molecule has 118 valence electrons. The molecular formula is C18H20N4O. The number of aromatic nitrogens is 3. The average molecular weight is 308 g/mol. The number of aryl methyl sites for hydroxylation is 3. The molecule has 5 heteroatoms. The van der Waals surface area contributed by atoms with Crippen LogP contribution in [0.3, 0.4) is 0 Å². The lowest BCUT2D eigenvalue weighted by atomic mass is 10.2. The van der Waals surface area contributed by atoms with E-state index in [1.54, 1.807) is 6.20 Å². The number of anilines is 1. The van der Waals surface area contributed by atoms with Crippen molar-refractivity contribution >= 4 is 5.69 Å². The highest BCUT2D eigenvalue weighted by Crippen LogP contribution is 2.25. The van der Waals surface area contributed by atoms with Crippen LogP contribution in [0.4, 0.5) is 5.69 Å². The minimum absolute atomic E-state index is 0.594. The number of nitrogens with zero attached hydrogens (tertiary/aromatic N) is 3. The van der Waals surface area contributed by atoms with E-state index in [1.807, 2.05) is 61.1 Å². The Morgan fingerprint density at radius 2 is 2.04 bits per heavy atom. The number of hydrogen-bond donors (Lipinski definition) is 1. The molecule has 2 aromatic heterocycles. The third-order valence-corrected chi connectivity index (χ3v) is 3.59. The number of rotatable bonds is 5. The Morgan fingerprint density at radius 1 is 1.17 bits per heavy atom. The Hall–Kier alpha value is -2.82. The molecule has 0 spiro atoms. The molecular weight excluding hydrogens is 288 g/mol. The molecule has 0 fully saturated rings. The Balaban J connectivity index is 1.68. The van der Waals surface area contributed by atoms with Crippen molar-refractivity contribution in [2.24, 2.45) is 7.05 Å². The Labute approximate surface area is 136 Å². The predicted molar refractivity (Wildman–Crippen MR) is 90.8 cm³/mol. The van der Waals surface area contributed by atoms with Crippen LogP contribution < -0.4 is 10.1 Å². The second kappa shape index (κ2) is 6.52. The third-order valence-electron chi connectivity index (χ3n) is 3.59. The van der Waals surface area contributed by atoms with Gasteiger partial charge in [-0.1, -0.05) is 6.07 Å². The van der Waals surface area contributed by atoms with Gasteiger partial charge in [0.2, 0.25) is 5.88 Å². The van der Waals surface area contributed by atoms with Gasteiger partial charge in [0.1, 0.15) is 11.6 Å². The lowest BCUT2D eigenvalue weighted by Crippen LogP contribution is -2.06. The van der Waals surface area contributed by atoms with Gasteiger partial charge >= 0.3 is 0 Å². The van der Waals surface area contributed by atoms with Gasteiger partial charge in [0.05, 0.1) is 12.2 Å². The molecule has 3 aromatic rings. The first-order valence-electron chi connectivity index (χ1n) is 7.54. The van der Waals surface area contributed by atoms with Crippen molar-refractivity contribution in [3.8, 4) is 11.6 Å². The fourth-order valence-corrected chi connectivity index (χ4v) is 2.43. The summed E-state index contributed by atoms with van der Waals surface area (Å²) in [7, 11) is 2.01. The van der Waals surface area contributed by atoms with Crippen molar-refractivity contribution in [2.75, 3.05) is 5.32 Å². The van der Waals surface area contributed by atoms with Crippen molar-refractivity contribution in [3.63, 3.8) is 0 Å². The van der Waals surface area contributed by atoms with E-state index in [0.29, 0.717) is 12.4 Å². The summed E-state index contributed by atoms with van der Waals surface area (Å²) >= 11 is 0. The summed E-state index contributed by atoms with van der Waals surface area (Å²) in [4.78, 5) is 8.66. The zero-order valence-electron chi connectivity index (χ0n) is 13.6. The maximum Gasteiger partial charge on any atom is 0.219 e. The number of hydrogen-bond acceptors (Lipinski definition) is 4. The number of nitrogens with one attached hydrogen (secondary N) is 1. The summed E-state index contributed by atoms with van der Waals surface area (Å²) in [5, 5.41) is 3.42. The van der Waals surface area contributed by atoms with E-state index in [1.165, 1.54) is 0 Å². The van der Waals surface area contributed by atoms with E-state index < -0.39 is 0 Å². The van der Waals surface area contributed by atoms with Crippen LogP contribution in [0.15, 0.2) is 48.8 Å². The third kappa shape index (κ3) is 3.69. The summed E-state index contributed by atoms with van der Waals surface area (Å²) in [6.45, 7) is 4.74. The van der Waals surface area contributed by atoms with Crippen molar-refractivity contribution in [1.82, 2.24) is 14.5 Å². The molecule has 0 unspecified atom stereocenters. The normalized spacial score (nSPS) is 10.6. The van der Waals surface area contributed by atoms with Gasteiger partial charge < -0.3 is 14.6 Å². The fraction of sp³-hybridized carbons (Fsp3) is 0.222. The lowest BCUT2D eigenvalue weighted by Gasteiger charge is -2.11. The van der Waals surface area contributed by atoms with Gasteiger partial charge in [-0.3, -0.25) is 0 Å². The number of ether oxygens (including phenoxy) is 1. The predicted octanol–water partition coefficient (Wildman–Crippen LogP) is 3.84. The fourth-order valence-electron chi connectivity index (χ4n) is 2.43. The van der Waals surface area contributed by atoms with Gasteiger partial charge in [-0.25, -0.2) is 9.97 Å². The van der Waals surface area contributed by atoms with Crippen LogP contribution in [0, 0.1) is 13.8 Å². The molecule has 1 N–H and O–H groups in total. The van der Waals surface area contributed by atoms with Gasteiger partial charge in [-0.2, -0.15) is 0 Å². The van der Waals surface area contributed by atoms with Crippen molar-refractivity contribution in [3.05, 3.63) is 65.9 Å². The van der Waals surface area contributed by atoms with E-state index >= 15 is 0 Å². The highest BCUT2D eigenvalue weighted by Gasteiger charge is 2.05. The first-order chi connectivity index (χ1) is 11.1. The minimum atomic E-state index is 0.594. The molecule has 5 nitrogen and oxygen atoms in total. The van der Waals surface area contributed by atoms with E-state index in [-0.39, 0.29) is 0 Å². The molecule has 23 heavy (non-hydrogen) atoms. The molecule has 0 aliphatic carbocycles. The van der Waals surface area contributed by atoms with E-state index in [9.17, 15) is 0 Å². The van der Waals surface area contributed by atoms with Crippen LogP contribution in [-0.4, -0.2) is 14.5 Å². The van der Waals surface area contributed by atoms with E-state index in [2.05, 4.69) is 22.2 Å². The zero-order chi connectivity index (χ0) is 16.2. The highest BCUT2D eigenvalue weighted by atomic mass is 16.5. The molecule has 0 saturated carbocycles. The van der Waals surface area contributed by atoms with Crippen LogP contribution >= 0.6 is 0 Å². The molecule has 0 atom stereocenters. The Kier molecular flexibility index (Phi) is 4.28. The SMILES string of the molecule is Cc1cn(C)c(CNc2ccc(Oc3ccccn3)cc2C)n1. The van der Waals surface area contributed by atoms with Crippen LogP contribution in [0.1, 0.15) is 17.1 Å². The van der Waals surface area contributed by atoms with Crippen molar-refractivity contribution < 1.29 is 4.74 Å². The van der Waals surface area contributed by atoms with Crippen LogP contribution in [0.2, 0.25) is 0 Å². The number of imidazole rings is 1. The molecule has 0 aliphatic rings. The van der Waals surface area contributed by atoms with Gasteiger partial charge in [-0.05, 0) is 43.7 Å². The second-order valence-electron chi connectivity index (χ2n) is 5.51. The van der Waals surface area contributed by atoms with E-state index in [4.69, 9.17) is 4.74 Å². The van der Waals surface area contributed by atoms with Crippen LogP contribution in [-0.2, 0) is 13.6 Å². The van der Waals surface area contributed by atoms with Crippen molar-refractivity contribution in [1.29, 1.82) is 0 Å². The molecule has 3 rings (SSSR count). The highest BCUT2D eigenvalue weighted by molar-refractivity contribution is 5.54. The van der Waals surface area contributed by atoms with Gasteiger partial charge in [0, 0.05) is 31.2 Å². The van der Waals surface area contributed by atoms with E-state index in [0.717, 1.165) is 28.5 Å².